The van der Waals surface area contributed by atoms with E-state index in [1.165, 1.54) is 13.8 Å². The minimum absolute atomic E-state index is 0.0255. The van der Waals surface area contributed by atoms with Crippen LogP contribution in [-0.2, 0) is 9.59 Å². The summed E-state index contributed by atoms with van der Waals surface area (Å²) in [6.45, 7) is 6.09. The van der Waals surface area contributed by atoms with Gasteiger partial charge in [-0.05, 0) is 13.8 Å². The fourth-order valence-electron chi connectivity index (χ4n) is 0.414. The molecule has 0 bridgehead atoms. The summed E-state index contributed by atoms with van der Waals surface area (Å²) >= 11 is 5.40. The first-order chi connectivity index (χ1) is 4.46. The molecule has 0 radical (unpaired) electrons. The lowest BCUT2D eigenvalue weighted by atomic mass is 10.1. The van der Waals surface area contributed by atoms with Gasteiger partial charge in [0.05, 0.1) is 11.0 Å². The number of ketones is 2. The molecule has 0 aromatic rings. The fraction of sp³-hybridized carbons (Fsp3) is 0.429. The van der Waals surface area contributed by atoms with Gasteiger partial charge >= 0.3 is 0 Å². The number of alkyl halides is 1. The van der Waals surface area contributed by atoms with Crippen molar-refractivity contribution in [2.75, 3.05) is 0 Å². The van der Waals surface area contributed by atoms with E-state index < -0.39 is 11.2 Å². The van der Waals surface area contributed by atoms with Crippen LogP contribution < -0.4 is 0 Å². The minimum atomic E-state index is -0.656. The molecule has 0 aliphatic rings. The van der Waals surface area contributed by atoms with Crippen LogP contribution in [0.25, 0.3) is 0 Å². The Bertz CT molecular complexity index is 182. The topological polar surface area (TPSA) is 34.1 Å². The molecule has 0 saturated carbocycles. The zero-order valence-corrected chi connectivity index (χ0v) is 6.73. The van der Waals surface area contributed by atoms with E-state index in [1.807, 2.05) is 0 Å². The predicted molar refractivity (Wildman–Crippen MR) is 40.1 cm³/mol. The third-order valence-electron chi connectivity index (χ3n) is 1.08. The van der Waals surface area contributed by atoms with Gasteiger partial charge in [-0.2, -0.15) is 0 Å². The van der Waals surface area contributed by atoms with Crippen LogP contribution in [-0.4, -0.2) is 16.9 Å². The SMILES string of the molecule is C=C(C(C)=O)C(=O)C(C)Cl. The fourth-order valence-corrected chi connectivity index (χ4v) is 0.545. The summed E-state index contributed by atoms with van der Waals surface area (Å²) in [5, 5.41) is -0.656. The molecular weight excluding hydrogens is 152 g/mol. The van der Waals surface area contributed by atoms with E-state index in [4.69, 9.17) is 11.6 Å². The highest BCUT2D eigenvalue weighted by Gasteiger charge is 2.15. The molecule has 0 heterocycles. The van der Waals surface area contributed by atoms with Crippen molar-refractivity contribution in [2.24, 2.45) is 0 Å². The maximum Gasteiger partial charge on any atom is 0.183 e. The van der Waals surface area contributed by atoms with Crippen molar-refractivity contribution in [3.8, 4) is 0 Å². The number of carbonyl (C=O) groups is 2. The van der Waals surface area contributed by atoms with Gasteiger partial charge in [-0.1, -0.05) is 6.58 Å². The number of hydrogen-bond donors (Lipinski definition) is 0. The van der Waals surface area contributed by atoms with Gasteiger partial charge in [-0.25, -0.2) is 0 Å². The highest BCUT2D eigenvalue weighted by Crippen LogP contribution is 2.04. The zero-order valence-electron chi connectivity index (χ0n) is 5.98. The van der Waals surface area contributed by atoms with E-state index in [0.29, 0.717) is 0 Å². The van der Waals surface area contributed by atoms with E-state index in [2.05, 4.69) is 6.58 Å². The van der Waals surface area contributed by atoms with Gasteiger partial charge in [0.25, 0.3) is 0 Å². The molecule has 0 fully saturated rings. The molecule has 10 heavy (non-hydrogen) atoms. The Balaban J connectivity index is 4.24. The summed E-state index contributed by atoms with van der Waals surface area (Å²) in [5.41, 5.74) is -0.0255. The third-order valence-corrected chi connectivity index (χ3v) is 1.28. The molecule has 2 nitrogen and oxygen atoms in total. The zero-order chi connectivity index (χ0) is 8.31. The molecule has 0 aromatic heterocycles. The molecule has 0 aliphatic heterocycles. The molecule has 0 rings (SSSR count). The average Bonchev–Trinajstić information content (AvgIpc) is 1.84. The number of Topliss-reactive ketones (excluding diaryl/α,β-unsaturated/α-hetero) is 2. The van der Waals surface area contributed by atoms with Crippen molar-refractivity contribution in [3.63, 3.8) is 0 Å². The highest BCUT2D eigenvalue weighted by molar-refractivity contribution is 6.37. The average molecular weight is 161 g/mol. The second kappa shape index (κ2) is 3.52. The maximum atomic E-state index is 10.8. The smallest absolute Gasteiger partial charge is 0.183 e. The summed E-state index contributed by atoms with van der Waals surface area (Å²) < 4.78 is 0. The van der Waals surface area contributed by atoms with Gasteiger partial charge in [0.2, 0.25) is 0 Å². The van der Waals surface area contributed by atoms with E-state index in [-0.39, 0.29) is 11.4 Å². The maximum absolute atomic E-state index is 10.8. The van der Waals surface area contributed by atoms with E-state index in [1.54, 1.807) is 0 Å². The molecule has 1 atom stereocenters. The summed E-state index contributed by atoms with van der Waals surface area (Å²) in [7, 11) is 0. The second-order valence-electron chi connectivity index (χ2n) is 2.01. The Kier molecular flexibility index (Phi) is 3.30. The number of allylic oxidation sites excluding steroid dienone is 1. The van der Waals surface area contributed by atoms with Crippen molar-refractivity contribution in [3.05, 3.63) is 12.2 Å². The van der Waals surface area contributed by atoms with Gasteiger partial charge in [-0.15, -0.1) is 11.6 Å². The van der Waals surface area contributed by atoms with Gasteiger partial charge in [0, 0.05) is 0 Å². The molecule has 0 saturated heterocycles. The van der Waals surface area contributed by atoms with Crippen molar-refractivity contribution < 1.29 is 9.59 Å². The summed E-state index contributed by atoms with van der Waals surface area (Å²) in [4.78, 5) is 21.3. The molecule has 1 unspecified atom stereocenters. The third kappa shape index (κ3) is 2.31. The van der Waals surface area contributed by atoms with Crippen LogP contribution in [0, 0.1) is 0 Å². The van der Waals surface area contributed by atoms with E-state index in [0.717, 1.165) is 0 Å². The molecule has 0 N–H and O–H groups in total. The van der Waals surface area contributed by atoms with Crippen LogP contribution in [0.5, 0.6) is 0 Å². The van der Waals surface area contributed by atoms with Crippen LogP contribution in [0.4, 0.5) is 0 Å². The Morgan fingerprint density at radius 3 is 2.00 bits per heavy atom. The molecule has 3 heteroatoms. The Labute approximate surface area is 64.9 Å². The lowest BCUT2D eigenvalue weighted by Crippen LogP contribution is -2.16. The Morgan fingerprint density at radius 1 is 1.50 bits per heavy atom. The number of halogens is 1. The van der Waals surface area contributed by atoms with E-state index in [9.17, 15) is 9.59 Å². The standard InChI is InChI=1S/C7H9ClO2/c1-4(6(3)9)7(10)5(2)8/h5H,1H2,2-3H3. The number of rotatable bonds is 3. The van der Waals surface area contributed by atoms with Gasteiger partial charge in [-0.3, -0.25) is 9.59 Å². The van der Waals surface area contributed by atoms with Crippen LogP contribution >= 0.6 is 11.6 Å². The molecule has 56 valence electrons. The van der Waals surface area contributed by atoms with Crippen LogP contribution in [0.2, 0.25) is 0 Å². The molecule has 0 amide bonds. The second-order valence-corrected chi connectivity index (χ2v) is 2.67. The van der Waals surface area contributed by atoms with Crippen molar-refractivity contribution in [1.29, 1.82) is 0 Å². The first-order valence-corrected chi connectivity index (χ1v) is 3.28. The summed E-state index contributed by atoms with van der Waals surface area (Å²) in [6.07, 6.45) is 0. The van der Waals surface area contributed by atoms with Crippen LogP contribution in [0.3, 0.4) is 0 Å². The number of hydrogen-bond acceptors (Lipinski definition) is 2. The Hall–Kier alpha value is -0.630. The van der Waals surface area contributed by atoms with E-state index >= 15 is 0 Å². The molecular formula is C7H9ClO2. The molecule has 0 aromatic carbocycles. The van der Waals surface area contributed by atoms with Gasteiger partial charge in [0.15, 0.2) is 11.6 Å². The lowest BCUT2D eigenvalue weighted by Gasteiger charge is -2.00. The van der Waals surface area contributed by atoms with Crippen molar-refractivity contribution in [1.82, 2.24) is 0 Å². The largest absolute Gasteiger partial charge is 0.294 e. The van der Waals surface area contributed by atoms with Crippen molar-refractivity contribution >= 4 is 23.2 Å². The molecule has 0 aliphatic carbocycles. The van der Waals surface area contributed by atoms with Crippen molar-refractivity contribution in [2.45, 2.75) is 19.2 Å². The quantitative estimate of drug-likeness (QED) is 0.270. The first-order valence-electron chi connectivity index (χ1n) is 2.85. The Morgan fingerprint density at radius 2 is 1.90 bits per heavy atom. The highest BCUT2D eigenvalue weighted by atomic mass is 35.5. The van der Waals surface area contributed by atoms with Gasteiger partial charge in [0.1, 0.15) is 0 Å². The lowest BCUT2D eigenvalue weighted by molar-refractivity contribution is -0.120. The minimum Gasteiger partial charge on any atom is -0.294 e. The van der Waals surface area contributed by atoms with Crippen LogP contribution in [0.1, 0.15) is 13.8 Å². The summed E-state index contributed by atoms with van der Waals surface area (Å²) in [6, 6.07) is 0. The van der Waals surface area contributed by atoms with Gasteiger partial charge < -0.3 is 0 Å². The normalized spacial score (nSPS) is 12.3. The monoisotopic (exact) mass is 160 g/mol. The summed E-state index contributed by atoms with van der Waals surface area (Å²) in [5.74, 6) is -0.716. The predicted octanol–water partition coefficient (Wildman–Crippen LogP) is 1.33. The van der Waals surface area contributed by atoms with Crippen LogP contribution in [0.15, 0.2) is 12.2 Å². The first kappa shape index (κ1) is 9.37. The number of carbonyl (C=O) groups excluding carboxylic acids is 2. The molecule has 0 spiro atoms.